The van der Waals surface area contributed by atoms with Crippen LogP contribution in [0.3, 0.4) is 0 Å². The fourth-order valence-corrected chi connectivity index (χ4v) is 2.49. The third-order valence-corrected chi connectivity index (χ3v) is 3.89. The van der Waals surface area contributed by atoms with Gasteiger partial charge in [-0.05, 0) is 36.9 Å². The normalized spacial score (nSPS) is 10.6. The van der Waals surface area contributed by atoms with Crippen molar-refractivity contribution in [1.29, 1.82) is 0 Å². The Bertz CT molecular complexity index is 735. The SMILES string of the molecule is CN(CC(=O)NCCNc1ccc([N+](=O)[O-])cc1)Cc1ccc(Cl)cc1. The van der Waals surface area contributed by atoms with Crippen LogP contribution in [-0.2, 0) is 11.3 Å². The van der Waals surface area contributed by atoms with Crippen molar-refractivity contribution in [3.63, 3.8) is 0 Å². The third-order valence-electron chi connectivity index (χ3n) is 3.63. The number of hydrogen-bond donors (Lipinski definition) is 2. The van der Waals surface area contributed by atoms with Crippen LogP contribution >= 0.6 is 11.6 Å². The van der Waals surface area contributed by atoms with E-state index in [1.807, 2.05) is 36.2 Å². The third kappa shape index (κ3) is 6.70. The first kappa shape index (κ1) is 19.7. The van der Waals surface area contributed by atoms with Gasteiger partial charge in [0.05, 0.1) is 11.5 Å². The zero-order chi connectivity index (χ0) is 18.9. The molecule has 2 rings (SSSR count). The lowest BCUT2D eigenvalue weighted by Gasteiger charge is -2.16. The zero-order valence-electron chi connectivity index (χ0n) is 14.4. The molecule has 2 aromatic rings. The van der Waals surface area contributed by atoms with E-state index in [4.69, 9.17) is 11.6 Å². The van der Waals surface area contributed by atoms with Gasteiger partial charge in [0.15, 0.2) is 0 Å². The molecule has 0 fully saturated rings. The van der Waals surface area contributed by atoms with Gasteiger partial charge in [0.1, 0.15) is 0 Å². The molecule has 26 heavy (non-hydrogen) atoms. The van der Waals surface area contributed by atoms with E-state index in [0.717, 1.165) is 11.3 Å². The van der Waals surface area contributed by atoms with Crippen LogP contribution in [0.1, 0.15) is 5.56 Å². The highest BCUT2D eigenvalue weighted by molar-refractivity contribution is 6.30. The van der Waals surface area contributed by atoms with E-state index >= 15 is 0 Å². The van der Waals surface area contributed by atoms with Gasteiger partial charge in [0.25, 0.3) is 5.69 Å². The minimum Gasteiger partial charge on any atom is -0.383 e. The predicted molar refractivity (Wildman–Crippen MR) is 102 cm³/mol. The maximum absolute atomic E-state index is 12.0. The van der Waals surface area contributed by atoms with E-state index in [0.29, 0.717) is 31.2 Å². The van der Waals surface area contributed by atoms with Gasteiger partial charge in [-0.1, -0.05) is 23.7 Å². The summed E-state index contributed by atoms with van der Waals surface area (Å²) in [5, 5.41) is 17.2. The predicted octanol–water partition coefficient (Wildman–Crippen LogP) is 2.91. The number of nitro groups is 1. The maximum Gasteiger partial charge on any atom is 0.269 e. The van der Waals surface area contributed by atoms with E-state index in [1.54, 1.807) is 12.1 Å². The molecule has 0 atom stereocenters. The van der Waals surface area contributed by atoms with Crippen LogP contribution in [0.4, 0.5) is 11.4 Å². The molecule has 1 amide bonds. The number of nitrogens with one attached hydrogen (secondary N) is 2. The van der Waals surface area contributed by atoms with E-state index in [2.05, 4.69) is 10.6 Å². The first-order chi connectivity index (χ1) is 12.4. The van der Waals surface area contributed by atoms with Crippen molar-refractivity contribution in [1.82, 2.24) is 10.2 Å². The van der Waals surface area contributed by atoms with Crippen molar-refractivity contribution in [2.75, 3.05) is 32.0 Å². The van der Waals surface area contributed by atoms with Crippen molar-refractivity contribution in [2.24, 2.45) is 0 Å². The number of carbonyl (C=O) groups excluding carboxylic acids is 1. The number of non-ortho nitro benzene ring substituents is 1. The first-order valence-electron chi connectivity index (χ1n) is 8.12. The zero-order valence-corrected chi connectivity index (χ0v) is 15.2. The molecule has 0 radical (unpaired) electrons. The van der Waals surface area contributed by atoms with Crippen LogP contribution < -0.4 is 10.6 Å². The Hall–Kier alpha value is -2.64. The fourth-order valence-electron chi connectivity index (χ4n) is 2.37. The van der Waals surface area contributed by atoms with Crippen LogP contribution in [0.2, 0.25) is 5.02 Å². The van der Waals surface area contributed by atoms with E-state index in [1.165, 1.54) is 12.1 Å². The molecule has 0 unspecified atom stereocenters. The highest BCUT2D eigenvalue weighted by Gasteiger charge is 2.07. The minimum absolute atomic E-state index is 0.0487. The molecule has 0 heterocycles. The molecule has 0 aliphatic carbocycles. The molecular formula is C18H21ClN4O3. The molecule has 0 saturated carbocycles. The smallest absolute Gasteiger partial charge is 0.269 e. The summed E-state index contributed by atoms with van der Waals surface area (Å²) < 4.78 is 0. The number of carbonyl (C=O) groups is 1. The average molecular weight is 377 g/mol. The second kappa shape index (κ2) is 9.74. The van der Waals surface area contributed by atoms with Gasteiger partial charge in [-0.2, -0.15) is 0 Å². The molecule has 7 nitrogen and oxygen atoms in total. The van der Waals surface area contributed by atoms with Gasteiger partial charge in [-0.15, -0.1) is 0 Å². The number of rotatable bonds is 9. The van der Waals surface area contributed by atoms with Crippen LogP contribution in [0.5, 0.6) is 0 Å². The van der Waals surface area contributed by atoms with Crippen molar-refractivity contribution >= 4 is 28.9 Å². The molecule has 0 aliphatic rings. The van der Waals surface area contributed by atoms with Crippen molar-refractivity contribution in [2.45, 2.75) is 6.54 Å². The molecule has 138 valence electrons. The molecule has 0 aromatic heterocycles. The summed E-state index contributed by atoms with van der Waals surface area (Å²) in [5.74, 6) is -0.0630. The molecule has 2 aromatic carbocycles. The summed E-state index contributed by atoms with van der Waals surface area (Å²) in [5.41, 5.74) is 1.90. The van der Waals surface area contributed by atoms with Crippen molar-refractivity contribution in [3.05, 3.63) is 69.2 Å². The maximum atomic E-state index is 12.0. The Morgan fingerprint density at radius 1 is 1.12 bits per heavy atom. The molecule has 0 aliphatic heterocycles. The van der Waals surface area contributed by atoms with Crippen LogP contribution in [-0.4, -0.2) is 42.4 Å². The minimum atomic E-state index is -0.440. The first-order valence-corrected chi connectivity index (χ1v) is 8.50. The number of likely N-dealkylation sites (N-methyl/N-ethyl adjacent to an activating group) is 1. The number of nitrogens with zero attached hydrogens (tertiary/aromatic N) is 2. The monoisotopic (exact) mass is 376 g/mol. The van der Waals surface area contributed by atoms with Crippen LogP contribution in [0, 0.1) is 10.1 Å². The Balaban J connectivity index is 1.65. The Morgan fingerprint density at radius 2 is 1.77 bits per heavy atom. The molecular weight excluding hydrogens is 356 g/mol. The van der Waals surface area contributed by atoms with Gasteiger partial charge < -0.3 is 10.6 Å². The van der Waals surface area contributed by atoms with Gasteiger partial charge in [-0.3, -0.25) is 19.8 Å². The number of anilines is 1. The standard InChI is InChI=1S/C18H21ClN4O3/c1-22(12-14-2-4-15(19)5-3-14)13-18(24)21-11-10-20-16-6-8-17(9-7-16)23(25)26/h2-9,20H,10-13H2,1H3,(H,21,24). The number of nitro benzene ring substituents is 1. The van der Waals surface area contributed by atoms with Crippen LogP contribution in [0.15, 0.2) is 48.5 Å². The highest BCUT2D eigenvalue weighted by atomic mass is 35.5. The second-order valence-electron chi connectivity index (χ2n) is 5.88. The summed E-state index contributed by atoms with van der Waals surface area (Å²) >= 11 is 5.86. The Labute approximate surface area is 157 Å². The van der Waals surface area contributed by atoms with Crippen molar-refractivity contribution in [3.8, 4) is 0 Å². The molecule has 2 N–H and O–H groups in total. The van der Waals surface area contributed by atoms with E-state index in [9.17, 15) is 14.9 Å². The average Bonchev–Trinajstić information content (AvgIpc) is 2.61. The van der Waals surface area contributed by atoms with Gasteiger partial charge in [0, 0.05) is 42.5 Å². The van der Waals surface area contributed by atoms with Gasteiger partial charge >= 0.3 is 0 Å². The Kier molecular flexibility index (Phi) is 7.37. The highest BCUT2D eigenvalue weighted by Crippen LogP contribution is 2.15. The van der Waals surface area contributed by atoms with E-state index < -0.39 is 4.92 Å². The number of amides is 1. The summed E-state index contributed by atoms with van der Waals surface area (Å²) in [6.07, 6.45) is 0. The fraction of sp³-hybridized carbons (Fsp3) is 0.278. The summed E-state index contributed by atoms with van der Waals surface area (Å²) in [6.45, 7) is 1.95. The molecule has 8 heteroatoms. The lowest BCUT2D eigenvalue weighted by molar-refractivity contribution is -0.384. The summed E-state index contributed by atoms with van der Waals surface area (Å²) in [7, 11) is 1.88. The number of benzene rings is 2. The van der Waals surface area contributed by atoms with Gasteiger partial charge in [0.2, 0.25) is 5.91 Å². The second-order valence-corrected chi connectivity index (χ2v) is 6.32. The van der Waals surface area contributed by atoms with Gasteiger partial charge in [-0.25, -0.2) is 0 Å². The quantitative estimate of drug-likeness (QED) is 0.399. The number of hydrogen-bond acceptors (Lipinski definition) is 5. The van der Waals surface area contributed by atoms with E-state index in [-0.39, 0.29) is 11.6 Å². The largest absolute Gasteiger partial charge is 0.383 e. The Morgan fingerprint density at radius 3 is 2.38 bits per heavy atom. The lowest BCUT2D eigenvalue weighted by Crippen LogP contribution is -2.37. The molecule has 0 spiro atoms. The summed E-state index contributed by atoms with van der Waals surface area (Å²) in [4.78, 5) is 24.0. The van der Waals surface area contributed by atoms with Crippen LogP contribution in [0.25, 0.3) is 0 Å². The molecule has 0 bridgehead atoms. The van der Waals surface area contributed by atoms with Crippen molar-refractivity contribution < 1.29 is 9.72 Å². The molecule has 0 saturated heterocycles. The lowest BCUT2D eigenvalue weighted by atomic mass is 10.2. The topological polar surface area (TPSA) is 87.5 Å². The number of halogens is 1. The summed E-state index contributed by atoms with van der Waals surface area (Å²) in [6, 6.07) is 13.7.